The number of guanidine groups is 1. The van der Waals surface area contributed by atoms with Crippen LogP contribution in [0.25, 0.3) is 5.82 Å². The summed E-state index contributed by atoms with van der Waals surface area (Å²) in [5.74, 6) is 2.96. The van der Waals surface area contributed by atoms with Gasteiger partial charge in [0.25, 0.3) is 0 Å². The molecule has 0 saturated carbocycles. The third-order valence-corrected chi connectivity index (χ3v) is 5.04. The van der Waals surface area contributed by atoms with Crippen LogP contribution in [0.2, 0.25) is 0 Å². The molecular formula is C25H34N6O. The normalized spacial score (nSPS) is 12.7. The lowest BCUT2D eigenvalue weighted by atomic mass is 10.1. The quantitative estimate of drug-likeness (QED) is 0.407. The summed E-state index contributed by atoms with van der Waals surface area (Å²) in [5.41, 5.74) is 4.29. The standard InChI is InChI=1S/C25H34N6O/c1-17(2)16-32-23-10-8-22(9-11-23)20(5)29-25(26-6)28-15-21-7-12-24(27-14-21)31-19(4)13-18(3)30-31/h7-14,17,20H,15-16H2,1-6H3,(H2,26,28,29). The molecule has 170 valence electrons. The highest BCUT2D eigenvalue weighted by Crippen LogP contribution is 2.18. The Kier molecular flexibility index (Phi) is 7.87. The second-order valence-electron chi connectivity index (χ2n) is 8.43. The Bertz CT molecular complexity index is 1020. The van der Waals surface area contributed by atoms with Gasteiger partial charge in [0.05, 0.1) is 18.3 Å². The summed E-state index contributed by atoms with van der Waals surface area (Å²) in [7, 11) is 1.77. The number of nitrogens with one attached hydrogen (secondary N) is 2. The molecule has 0 saturated heterocycles. The van der Waals surface area contributed by atoms with Gasteiger partial charge in [-0.15, -0.1) is 0 Å². The van der Waals surface area contributed by atoms with E-state index in [2.05, 4.69) is 64.7 Å². The molecule has 0 radical (unpaired) electrons. The highest BCUT2D eigenvalue weighted by atomic mass is 16.5. The van der Waals surface area contributed by atoms with Crippen LogP contribution in [0.1, 0.15) is 49.3 Å². The summed E-state index contributed by atoms with van der Waals surface area (Å²) in [6.07, 6.45) is 1.87. The largest absolute Gasteiger partial charge is 0.493 e. The number of pyridine rings is 1. The third-order valence-electron chi connectivity index (χ3n) is 5.04. The van der Waals surface area contributed by atoms with Crippen molar-refractivity contribution >= 4 is 5.96 Å². The van der Waals surface area contributed by atoms with Gasteiger partial charge in [0.2, 0.25) is 0 Å². The highest BCUT2D eigenvalue weighted by Gasteiger charge is 2.09. The van der Waals surface area contributed by atoms with E-state index in [0.29, 0.717) is 12.5 Å². The maximum atomic E-state index is 5.77. The maximum Gasteiger partial charge on any atom is 0.191 e. The minimum Gasteiger partial charge on any atom is -0.493 e. The summed E-state index contributed by atoms with van der Waals surface area (Å²) in [6.45, 7) is 11.8. The van der Waals surface area contributed by atoms with E-state index in [-0.39, 0.29) is 6.04 Å². The van der Waals surface area contributed by atoms with Gasteiger partial charge in [-0.2, -0.15) is 5.10 Å². The lowest BCUT2D eigenvalue weighted by Gasteiger charge is -2.19. The average Bonchev–Trinajstić information content (AvgIpc) is 3.13. The van der Waals surface area contributed by atoms with Gasteiger partial charge >= 0.3 is 0 Å². The molecule has 7 heteroatoms. The number of nitrogens with zero attached hydrogens (tertiary/aromatic N) is 4. The second kappa shape index (κ2) is 10.8. The number of rotatable bonds is 8. The number of aliphatic imine (C=N–C) groups is 1. The van der Waals surface area contributed by atoms with Gasteiger partial charge in [0.1, 0.15) is 5.75 Å². The first-order valence-electron chi connectivity index (χ1n) is 11.0. The van der Waals surface area contributed by atoms with Crippen LogP contribution in [-0.4, -0.2) is 34.4 Å². The molecule has 7 nitrogen and oxygen atoms in total. The average molecular weight is 435 g/mol. The third kappa shape index (κ3) is 6.33. The summed E-state index contributed by atoms with van der Waals surface area (Å²) < 4.78 is 7.62. The van der Waals surface area contributed by atoms with E-state index < -0.39 is 0 Å². The van der Waals surface area contributed by atoms with Crippen LogP contribution in [0.5, 0.6) is 5.75 Å². The van der Waals surface area contributed by atoms with E-state index >= 15 is 0 Å². The van der Waals surface area contributed by atoms with Crippen molar-refractivity contribution in [3.8, 4) is 11.6 Å². The lowest BCUT2D eigenvalue weighted by Crippen LogP contribution is -2.38. The Morgan fingerprint density at radius 1 is 1.09 bits per heavy atom. The molecule has 1 atom stereocenters. The summed E-state index contributed by atoms with van der Waals surface area (Å²) in [4.78, 5) is 8.91. The topological polar surface area (TPSA) is 76.4 Å². The molecule has 0 aliphatic heterocycles. The molecule has 1 aromatic carbocycles. The van der Waals surface area contributed by atoms with Crippen molar-refractivity contribution in [2.75, 3.05) is 13.7 Å². The van der Waals surface area contributed by atoms with Crippen molar-refractivity contribution in [1.82, 2.24) is 25.4 Å². The van der Waals surface area contributed by atoms with Crippen molar-refractivity contribution in [3.05, 3.63) is 71.2 Å². The highest BCUT2D eigenvalue weighted by molar-refractivity contribution is 5.80. The summed E-state index contributed by atoms with van der Waals surface area (Å²) >= 11 is 0. The van der Waals surface area contributed by atoms with Gasteiger partial charge in [0, 0.05) is 25.5 Å². The van der Waals surface area contributed by atoms with Gasteiger partial charge in [-0.05, 0) is 62.1 Å². The fourth-order valence-electron chi connectivity index (χ4n) is 3.29. The Hall–Kier alpha value is -3.35. The molecule has 3 rings (SSSR count). The molecule has 3 aromatic rings. The van der Waals surface area contributed by atoms with Crippen LogP contribution in [0, 0.1) is 19.8 Å². The molecule has 32 heavy (non-hydrogen) atoms. The summed E-state index contributed by atoms with van der Waals surface area (Å²) in [6, 6.07) is 14.4. The van der Waals surface area contributed by atoms with Crippen molar-refractivity contribution in [1.29, 1.82) is 0 Å². The smallest absolute Gasteiger partial charge is 0.191 e. The molecular weight excluding hydrogens is 400 g/mol. The molecule has 0 spiro atoms. The first-order chi connectivity index (χ1) is 15.4. The van der Waals surface area contributed by atoms with Crippen molar-refractivity contribution < 1.29 is 4.74 Å². The lowest BCUT2D eigenvalue weighted by molar-refractivity contribution is 0.271. The predicted molar refractivity (Wildman–Crippen MR) is 129 cm³/mol. The maximum absolute atomic E-state index is 5.77. The van der Waals surface area contributed by atoms with Crippen LogP contribution in [0.15, 0.2) is 53.7 Å². The van der Waals surface area contributed by atoms with Gasteiger partial charge in [-0.1, -0.05) is 32.0 Å². The van der Waals surface area contributed by atoms with Crippen molar-refractivity contribution in [2.45, 2.75) is 47.2 Å². The Morgan fingerprint density at radius 3 is 2.41 bits per heavy atom. The molecule has 1 unspecified atom stereocenters. The minimum atomic E-state index is 0.104. The fourth-order valence-corrected chi connectivity index (χ4v) is 3.29. The van der Waals surface area contributed by atoms with Crippen LogP contribution >= 0.6 is 0 Å². The van der Waals surface area contributed by atoms with Gasteiger partial charge in [0.15, 0.2) is 11.8 Å². The van der Waals surface area contributed by atoms with Crippen molar-refractivity contribution in [3.63, 3.8) is 0 Å². The van der Waals surface area contributed by atoms with E-state index in [4.69, 9.17) is 4.74 Å². The molecule has 0 bridgehead atoms. The number of hydrogen-bond acceptors (Lipinski definition) is 4. The molecule has 2 heterocycles. The predicted octanol–water partition coefficient (Wildman–Crippen LogP) is 4.35. The van der Waals surface area contributed by atoms with Crippen LogP contribution in [0.3, 0.4) is 0 Å². The Morgan fingerprint density at radius 2 is 1.84 bits per heavy atom. The minimum absolute atomic E-state index is 0.104. The van der Waals surface area contributed by atoms with Gasteiger partial charge in [-0.3, -0.25) is 4.99 Å². The molecule has 0 amide bonds. The first kappa shape index (κ1) is 23.3. The van der Waals surface area contributed by atoms with E-state index in [9.17, 15) is 0 Å². The van der Waals surface area contributed by atoms with Gasteiger partial charge in [-0.25, -0.2) is 9.67 Å². The number of aryl methyl sites for hydroxylation is 2. The Labute approximate surface area is 190 Å². The SMILES string of the molecule is CN=C(NCc1ccc(-n2nc(C)cc2C)nc1)NC(C)c1ccc(OCC(C)C)cc1. The molecule has 2 aromatic heterocycles. The summed E-state index contributed by atoms with van der Waals surface area (Å²) in [5, 5.41) is 11.3. The first-order valence-corrected chi connectivity index (χ1v) is 11.0. The molecule has 0 aliphatic carbocycles. The Balaban J connectivity index is 1.53. The monoisotopic (exact) mass is 434 g/mol. The van der Waals surface area contributed by atoms with Crippen molar-refractivity contribution in [2.24, 2.45) is 10.9 Å². The van der Waals surface area contributed by atoms with E-state index in [1.165, 1.54) is 5.56 Å². The van der Waals surface area contributed by atoms with Gasteiger partial charge < -0.3 is 15.4 Å². The number of benzene rings is 1. The zero-order chi connectivity index (χ0) is 23.1. The number of hydrogen-bond donors (Lipinski definition) is 2. The fraction of sp³-hybridized carbons (Fsp3) is 0.400. The zero-order valence-electron chi connectivity index (χ0n) is 19.9. The van der Waals surface area contributed by atoms with Crippen LogP contribution in [0.4, 0.5) is 0 Å². The van der Waals surface area contributed by atoms with Crippen LogP contribution in [-0.2, 0) is 6.54 Å². The van der Waals surface area contributed by atoms with E-state index in [1.807, 2.05) is 49.0 Å². The molecule has 2 N–H and O–H groups in total. The number of aromatic nitrogens is 3. The second-order valence-corrected chi connectivity index (χ2v) is 8.43. The van der Waals surface area contributed by atoms with Crippen LogP contribution < -0.4 is 15.4 Å². The molecule has 0 aliphatic rings. The van der Waals surface area contributed by atoms with E-state index in [0.717, 1.165) is 41.1 Å². The van der Waals surface area contributed by atoms with E-state index in [1.54, 1.807) is 7.05 Å². The number of ether oxygens (including phenoxy) is 1. The zero-order valence-corrected chi connectivity index (χ0v) is 19.9. The molecule has 0 fully saturated rings.